The molecule has 0 rings (SSSR count). The molecule has 0 saturated heterocycles. The van der Waals surface area contributed by atoms with Crippen molar-refractivity contribution in [2.75, 3.05) is 78.2 Å². The fourth-order valence-electron chi connectivity index (χ4n) is 4.70. The van der Waals surface area contributed by atoms with Gasteiger partial charge in [0.05, 0.1) is 13.1 Å². The van der Waals surface area contributed by atoms with Crippen molar-refractivity contribution >= 4 is 42.2 Å². The van der Waals surface area contributed by atoms with Gasteiger partial charge >= 0.3 is 0 Å². The van der Waals surface area contributed by atoms with Crippen LogP contribution in [0.2, 0.25) is 0 Å². The van der Waals surface area contributed by atoms with Gasteiger partial charge in [0.25, 0.3) is 0 Å². The summed E-state index contributed by atoms with van der Waals surface area (Å²) in [5.74, 6) is 0.0643. The maximum Gasteiger partial charge on any atom is 0.242 e. The lowest BCUT2D eigenvalue weighted by atomic mass is 10.1. The minimum atomic E-state index is -0.247. The highest BCUT2D eigenvalue weighted by molar-refractivity contribution is 7.80. The summed E-state index contributed by atoms with van der Waals surface area (Å²) in [4.78, 5) is 67.7. The van der Waals surface area contributed by atoms with Gasteiger partial charge in [-0.05, 0) is 89.6 Å². The predicted molar refractivity (Wildman–Crippen MR) is 187 cm³/mol. The Hall–Kier alpha value is -2.42. The molecule has 0 radical (unpaired) electrons. The van der Waals surface area contributed by atoms with Crippen LogP contribution in [-0.2, 0) is 24.0 Å². The molecular weight excluding hydrogens is 608 g/mol. The fourth-order valence-corrected chi connectivity index (χ4v) is 4.90. The Morgan fingerprint density at radius 2 is 0.978 bits per heavy atom. The Kier molecular flexibility index (Phi) is 28.4. The van der Waals surface area contributed by atoms with Crippen molar-refractivity contribution in [3.05, 3.63) is 0 Å². The molecule has 46 heavy (non-hydrogen) atoms. The number of unbranched alkanes of at least 4 members (excludes halogenated alkanes) is 7. The second-order valence-electron chi connectivity index (χ2n) is 11.7. The summed E-state index contributed by atoms with van der Waals surface area (Å²) in [6, 6.07) is 0. The SMILES string of the molecule is CN(CCCCN)C(=O)CN(CCCCN)C(=O)CN(CCCCN)C(=O)CCCCCNC(=O)CCCCCNC(=O)CCS. The third-order valence-electron chi connectivity index (χ3n) is 7.63. The van der Waals surface area contributed by atoms with E-state index < -0.39 is 0 Å². The van der Waals surface area contributed by atoms with Crippen molar-refractivity contribution in [2.24, 2.45) is 17.2 Å². The number of nitrogens with one attached hydrogen (secondary N) is 2. The molecule has 268 valence electrons. The molecular formula is C32H64N8O5S. The summed E-state index contributed by atoms with van der Waals surface area (Å²) in [7, 11) is 1.73. The zero-order valence-corrected chi connectivity index (χ0v) is 29.3. The number of rotatable bonds is 30. The van der Waals surface area contributed by atoms with Gasteiger partial charge in [-0.1, -0.05) is 12.8 Å². The number of hydrogen-bond acceptors (Lipinski definition) is 9. The minimum Gasteiger partial charge on any atom is -0.356 e. The highest BCUT2D eigenvalue weighted by Crippen LogP contribution is 2.08. The van der Waals surface area contributed by atoms with Crippen molar-refractivity contribution < 1.29 is 24.0 Å². The molecule has 0 spiro atoms. The molecule has 0 aliphatic heterocycles. The first-order chi connectivity index (χ1) is 22.2. The van der Waals surface area contributed by atoms with E-state index in [0.29, 0.717) is 96.6 Å². The second kappa shape index (κ2) is 29.9. The Bertz CT molecular complexity index is 851. The van der Waals surface area contributed by atoms with Crippen LogP contribution >= 0.6 is 12.6 Å². The summed E-state index contributed by atoms with van der Waals surface area (Å²) in [6.07, 6.45) is 10.3. The number of hydrogen-bond donors (Lipinski definition) is 6. The molecule has 0 saturated carbocycles. The van der Waals surface area contributed by atoms with E-state index in [1.165, 1.54) is 0 Å². The first-order valence-electron chi connectivity index (χ1n) is 17.2. The molecule has 0 aromatic heterocycles. The van der Waals surface area contributed by atoms with Crippen molar-refractivity contribution in [3.8, 4) is 0 Å². The van der Waals surface area contributed by atoms with Crippen LogP contribution in [0, 0.1) is 0 Å². The summed E-state index contributed by atoms with van der Waals surface area (Å²) in [5, 5.41) is 5.77. The average Bonchev–Trinajstić information content (AvgIpc) is 3.03. The number of likely N-dealkylation sites (N-methyl/N-ethyl adjacent to an activating group) is 1. The first-order valence-corrected chi connectivity index (χ1v) is 17.9. The quantitative estimate of drug-likeness (QED) is 0.0480. The van der Waals surface area contributed by atoms with Crippen molar-refractivity contribution in [1.82, 2.24) is 25.3 Å². The molecule has 8 N–H and O–H groups in total. The normalized spacial score (nSPS) is 10.8. The summed E-state index contributed by atoms with van der Waals surface area (Å²) in [6.45, 7) is 4.06. The highest BCUT2D eigenvalue weighted by atomic mass is 32.1. The zero-order chi connectivity index (χ0) is 34.4. The molecule has 0 heterocycles. The standard InChI is InChI=1S/C32H64N8O5S/c1-38(22-11-6-17-33)31(44)26-40(24-13-8-19-35)32(45)27-39(23-12-7-18-34)30(43)15-5-3-10-20-36-28(41)14-4-2-9-21-37-29(42)16-25-46/h46H,2-27,33-35H2,1H3,(H,36,41)(H,37,42). The molecule has 0 aliphatic rings. The Morgan fingerprint density at radius 1 is 0.522 bits per heavy atom. The largest absolute Gasteiger partial charge is 0.356 e. The van der Waals surface area contributed by atoms with E-state index in [2.05, 4.69) is 23.3 Å². The van der Waals surface area contributed by atoms with E-state index in [9.17, 15) is 24.0 Å². The van der Waals surface area contributed by atoms with E-state index >= 15 is 0 Å². The molecule has 14 heteroatoms. The van der Waals surface area contributed by atoms with Crippen LogP contribution < -0.4 is 27.8 Å². The van der Waals surface area contributed by atoms with Gasteiger partial charge in [-0.25, -0.2) is 0 Å². The molecule has 0 aromatic rings. The molecule has 0 atom stereocenters. The fraction of sp³-hybridized carbons (Fsp3) is 0.844. The Morgan fingerprint density at radius 3 is 1.50 bits per heavy atom. The third-order valence-corrected chi connectivity index (χ3v) is 7.85. The Balaban J connectivity index is 4.67. The third kappa shape index (κ3) is 23.9. The lowest BCUT2D eigenvalue weighted by Gasteiger charge is -2.29. The number of nitrogens with zero attached hydrogens (tertiary/aromatic N) is 3. The van der Waals surface area contributed by atoms with Gasteiger partial charge in [0, 0.05) is 59.0 Å². The summed E-state index contributed by atoms with van der Waals surface area (Å²) < 4.78 is 0. The first kappa shape index (κ1) is 43.6. The molecule has 0 fully saturated rings. The lowest BCUT2D eigenvalue weighted by molar-refractivity contribution is -0.144. The van der Waals surface area contributed by atoms with Gasteiger partial charge in [0.2, 0.25) is 29.5 Å². The smallest absolute Gasteiger partial charge is 0.242 e. The van der Waals surface area contributed by atoms with Gasteiger partial charge in [0.15, 0.2) is 0 Å². The van der Waals surface area contributed by atoms with E-state index in [0.717, 1.165) is 57.8 Å². The van der Waals surface area contributed by atoms with Gasteiger partial charge in [0.1, 0.15) is 0 Å². The van der Waals surface area contributed by atoms with Crippen LogP contribution in [0.5, 0.6) is 0 Å². The van der Waals surface area contributed by atoms with E-state index in [1.807, 2.05) is 0 Å². The highest BCUT2D eigenvalue weighted by Gasteiger charge is 2.23. The zero-order valence-electron chi connectivity index (χ0n) is 28.4. The van der Waals surface area contributed by atoms with Crippen LogP contribution in [0.25, 0.3) is 0 Å². The summed E-state index contributed by atoms with van der Waals surface area (Å²) in [5.41, 5.74) is 16.9. The molecule has 0 aliphatic carbocycles. The Labute approximate surface area is 282 Å². The monoisotopic (exact) mass is 672 g/mol. The van der Waals surface area contributed by atoms with E-state index in [-0.39, 0.29) is 42.6 Å². The van der Waals surface area contributed by atoms with Crippen LogP contribution in [-0.4, -0.2) is 122 Å². The number of thiol groups is 1. The van der Waals surface area contributed by atoms with Crippen LogP contribution in [0.3, 0.4) is 0 Å². The maximum absolute atomic E-state index is 13.4. The van der Waals surface area contributed by atoms with Gasteiger partial charge in [-0.3, -0.25) is 24.0 Å². The van der Waals surface area contributed by atoms with Crippen molar-refractivity contribution in [2.45, 2.75) is 96.3 Å². The van der Waals surface area contributed by atoms with Gasteiger partial charge < -0.3 is 42.5 Å². The molecule has 0 unspecified atom stereocenters. The average molecular weight is 673 g/mol. The van der Waals surface area contributed by atoms with Crippen LogP contribution in [0.15, 0.2) is 0 Å². The van der Waals surface area contributed by atoms with Crippen molar-refractivity contribution in [1.29, 1.82) is 0 Å². The number of nitrogens with two attached hydrogens (primary N) is 3. The van der Waals surface area contributed by atoms with Crippen molar-refractivity contribution in [3.63, 3.8) is 0 Å². The van der Waals surface area contributed by atoms with Gasteiger partial charge in [-0.2, -0.15) is 12.6 Å². The number of carbonyl (C=O) groups is 5. The maximum atomic E-state index is 13.4. The minimum absolute atomic E-state index is 0.00432. The molecule has 0 aromatic carbocycles. The molecule has 5 amide bonds. The molecule has 13 nitrogen and oxygen atoms in total. The summed E-state index contributed by atoms with van der Waals surface area (Å²) >= 11 is 4.03. The van der Waals surface area contributed by atoms with Crippen LogP contribution in [0.4, 0.5) is 0 Å². The topological polar surface area (TPSA) is 197 Å². The van der Waals surface area contributed by atoms with E-state index in [4.69, 9.17) is 17.2 Å². The predicted octanol–water partition coefficient (Wildman–Crippen LogP) is 0.992. The number of amides is 5. The molecule has 0 bridgehead atoms. The number of carbonyl (C=O) groups excluding carboxylic acids is 5. The van der Waals surface area contributed by atoms with E-state index in [1.54, 1.807) is 21.7 Å². The second-order valence-corrected chi connectivity index (χ2v) is 12.2. The van der Waals surface area contributed by atoms with Gasteiger partial charge in [-0.15, -0.1) is 0 Å². The van der Waals surface area contributed by atoms with Crippen LogP contribution in [0.1, 0.15) is 96.3 Å². The lowest BCUT2D eigenvalue weighted by Crippen LogP contribution is -2.47.